The van der Waals surface area contributed by atoms with E-state index in [4.69, 9.17) is 27.2 Å². The summed E-state index contributed by atoms with van der Waals surface area (Å²) in [6.07, 6.45) is 4.02. The highest BCUT2D eigenvalue weighted by Crippen LogP contribution is 2.35. The standard InChI is InChI=1S/C31H27N3O4S2/c1-21-9-11-22(12-10-21)20-38-26-15-13-23(14-16-26)29-24(19-34(32-29)25-6-3-2-4-7-25)18-27-30(37)33(31(39)40-27)17-5-8-28(35)36/h2-4,6-7,9-16,18-19H,5,8,17,20H2,1H3,(H,35,36). The lowest BCUT2D eigenvalue weighted by atomic mass is 10.1. The number of ether oxygens (including phenoxy) is 1. The molecule has 7 nitrogen and oxygen atoms in total. The summed E-state index contributed by atoms with van der Waals surface area (Å²) in [5.74, 6) is -0.375. The molecule has 0 radical (unpaired) electrons. The molecule has 9 heteroatoms. The van der Waals surface area contributed by atoms with Crippen LogP contribution >= 0.6 is 24.0 Å². The van der Waals surface area contributed by atoms with Crippen LogP contribution in [0.5, 0.6) is 5.75 Å². The van der Waals surface area contributed by atoms with Crippen molar-refractivity contribution in [3.8, 4) is 22.7 Å². The largest absolute Gasteiger partial charge is 0.489 e. The predicted molar refractivity (Wildman–Crippen MR) is 161 cm³/mol. The molecule has 1 aliphatic heterocycles. The quantitative estimate of drug-likeness (QED) is 0.173. The summed E-state index contributed by atoms with van der Waals surface area (Å²) < 4.78 is 8.19. The Balaban J connectivity index is 1.40. The third kappa shape index (κ3) is 6.50. The molecule has 4 aromatic rings. The number of amides is 1. The second kappa shape index (κ2) is 12.3. The molecule has 0 unspecified atom stereocenters. The molecular formula is C31H27N3O4S2. The van der Waals surface area contributed by atoms with Gasteiger partial charge in [0, 0.05) is 30.3 Å². The molecule has 0 aliphatic carbocycles. The highest BCUT2D eigenvalue weighted by Gasteiger charge is 2.32. The molecule has 5 rings (SSSR count). The molecule has 202 valence electrons. The molecule has 3 aromatic carbocycles. The Kier molecular flexibility index (Phi) is 8.42. The Morgan fingerprint density at radius 1 is 1.05 bits per heavy atom. The minimum atomic E-state index is -0.898. The molecule has 1 fully saturated rings. The van der Waals surface area contributed by atoms with Crippen LogP contribution < -0.4 is 4.74 Å². The van der Waals surface area contributed by atoms with Gasteiger partial charge in [0.1, 0.15) is 16.7 Å². The molecule has 0 spiro atoms. The fourth-order valence-electron chi connectivity index (χ4n) is 4.21. The number of hydrogen-bond acceptors (Lipinski definition) is 6. The van der Waals surface area contributed by atoms with Gasteiger partial charge in [-0.05, 0) is 61.4 Å². The number of thiocarbonyl (C=S) groups is 1. The Hall–Kier alpha value is -4.21. The second-order valence-electron chi connectivity index (χ2n) is 9.34. The number of carbonyl (C=O) groups excluding carboxylic acids is 1. The van der Waals surface area contributed by atoms with Gasteiger partial charge in [0.05, 0.1) is 16.3 Å². The van der Waals surface area contributed by atoms with E-state index in [2.05, 4.69) is 31.2 Å². The van der Waals surface area contributed by atoms with Gasteiger partial charge in [-0.3, -0.25) is 14.5 Å². The van der Waals surface area contributed by atoms with E-state index < -0.39 is 5.97 Å². The summed E-state index contributed by atoms with van der Waals surface area (Å²) in [6, 6.07) is 25.7. The number of para-hydroxylation sites is 1. The molecule has 0 bridgehead atoms. The maximum Gasteiger partial charge on any atom is 0.303 e. The van der Waals surface area contributed by atoms with E-state index >= 15 is 0 Å². The number of thioether (sulfide) groups is 1. The van der Waals surface area contributed by atoms with E-state index in [0.717, 1.165) is 28.1 Å². The third-order valence-corrected chi connectivity index (χ3v) is 7.73. The zero-order chi connectivity index (χ0) is 28.1. The summed E-state index contributed by atoms with van der Waals surface area (Å²) in [4.78, 5) is 26.0. The summed E-state index contributed by atoms with van der Waals surface area (Å²) >= 11 is 6.64. The van der Waals surface area contributed by atoms with Crippen molar-refractivity contribution in [2.75, 3.05) is 6.54 Å². The van der Waals surface area contributed by atoms with Crippen molar-refractivity contribution in [2.24, 2.45) is 0 Å². The summed E-state index contributed by atoms with van der Waals surface area (Å²) in [5.41, 5.74) is 5.55. The van der Waals surface area contributed by atoms with Crippen molar-refractivity contribution in [3.05, 3.63) is 107 Å². The lowest BCUT2D eigenvalue weighted by molar-refractivity contribution is -0.137. The van der Waals surface area contributed by atoms with Crippen LogP contribution in [0.15, 0.2) is 90.0 Å². The number of nitrogens with zero attached hydrogens (tertiary/aromatic N) is 3. The first-order valence-corrected chi connectivity index (χ1v) is 14.0. The molecule has 40 heavy (non-hydrogen) atoms. The van der Waals surface area contributed by atoms with Crippen LogP contribution in [-0.4, -0.2) is 42.5 Å². The number of aryl methyl sites for hydroxylation is 1. The van der Waals surface area contributed by atoms with E-state index in [1.54, 1.807) is 10.8 Å². The lowest BCUT2D eigenvalue weighted by Gasteiger charge is -2.13. The van der Waals surface area contributed by atoms with Gasteiger partial charge in [-0.2, -0.15) is 5.10 Å². The number of carboxylic acids is 1. The number of aliphatic carboxylic acids is 1. The average Bonchev–Trinajstić information content (AvgIpc) is 3.49. The van der Waals surface area contributed by atoms with Crippen LogP contribution in [0.4, 0.5) is 0 Å². The number of carboxylic acid groups (broad SMARTS) is 1. The smallest absolute Gasteiger partial charge is 0.303 e. The first kappa shape index (κ1) is 27.4. The van der Waals surface area contributed by atoms with Gasteiger partial charge in [-0.25, -0.2) is 4.68 Å². The molecule has 1 amide bonds. The summed E-state index contributed by atoms with van der Waals surface area (Å²) in [6.45, 7) is 2.80. The van der Waals surface area contributed by atoms with E-state index in [1.165, 1.54) is 22.2 Å². The number of carbonyl (C=O) groups is 2. The molecule has 2 heterocycles. The van der Waals surface area contributed by atoms with Gasteiger partial charge in [0.25, 0.3) is 5.91 Å². The maximum absolute atomic E-state index is 13.1. The molecular weight excluding hydrogens is 542 g/mol. The van der Waals surface area contributed by atoms with E-state index in [9.17, 15) is 9.59 Å². The predicted octanol–water partition coefficient (Wildman–Crippen LogP) is 6.49. The molecule has 0 atom stereocenters. The van der Waals surface area contributed by atoms with Crippen LogP contribution in [-0.2, 0) is 16.2 Å². The summed E-state index contributed by atoms with van der Waals surface area (Å²) in [7, 11) is 0. The lowest BCUT2D eigenvalue weighted by Crippen LogP contribution is -2.29. The first-order valence-electron chi connectivity index (χ1n) is 12.8. The molecule has 1 aliphatic rings. The SMILES string of the molecule is Cc1ccc(COc2ccc(-c3nn(-c4ccccc4)cc3C=C3SC(=S)N(CCCC(=O)O)C3=O)cc2)cc1. The zero-order valence-corrected chi connectivity index (χ0v) is 23.5. The van der Waals surface area contributed by atoms with E-state index in [1.807, 2.05) is 60.8 Å². The molecule has 0 saturated carbocycles. The van der Waals surface area contributed by atoms with Crippen molar-refractivity contribution in [2.45, 2.75) is 26.4 Å². The maximum atomic E-state index is 13.1. The first-order chi connectivity index (χ1) is 19.4. The van der Waals surface area contributed by atoms with Crippen LogP contribution in [0, 0.1) is 6.92 Å². The molecule has 1 saturated heterocycles. The minimum Gasteiger partial charge on any atom is -0.489 e. The van der Waals surface area contributed by atoms with Crippen molar-refractivity contribution < 1.29 is 19.4 Å². The van der Waals surface area contributed by atoms with Crippen LogP contribution in [0.2, 0.25) is 0 Å². The van der Waals surface area contributed by atoms with E-state index in [-0.39, 0.29) is 18.9 Å². The van der Waals surface area contributed by atoms with Crippen molar-refractivity contribution >= 4 is 46.3 Å². The van der Waals surface area contributed by atoms with Gasteiger partial charge < -0.3 is 9.84 Å². The van der Waals surface area contributed by atoms with Gasteiger partial charge in [-0.1, -0.05) is 72.0 Å². The van der Waals surface area contributed by atoms with Gasteiger partial charge in [0.2, 0.25) is 0 Å². The van der Waals surface area contributed by atoms with Crippen LogP contribution in [0.3, 0.4) is 0 Å². The number of benzene rings is 3. The number of rotatable bonds is 10. The highest BCUT2D eigenvalue weighted by molar-refractivity contribution is 8.26. The molecule has 1 N–H and O–H groups in total. The van der Waals surface area contributed by atoms with Crippen LogP contribution in [0.25, 0.3) is 23.0 Å². The highest BCUT2D eigenvalue weighted by atomic mass is 32.2. The van der Waals surface area contributed by atoms with Crippen molar-refractivity contribution in [1.29, 1.82) is 0 Å². The van der Waals surface area contributed by atoms with Gasteiger partial charge >= 0.3 is 5.97 Å². The minimum absolute atomic E-state index is 0.0190. The van der Waals surface area contributed by atoms with Crippen LogP contribution in [0.1, 0.15) is 29.5 Å². The number of hydrogen-bond donors (Lipinski definition) is 1. The monoisotopic (exact) mass is 569 g/mol. The summed E-state index contributed by atoms with van der Waals surface area (Å²) in [5, 5.41) is 13.8. The fraction of sp³-hybridized carbons (Fsp3) is 0.161. The molecule has 1 aromatic heterocycles. The van der Waals surface area contributed by atoms with Crippen molar-refractivity contribution in [3.63, 3.8) is 0 Å². The zero-order valence-electron chi connectivity index (χ0n) is 21.8. The second-order valence-corrected chi connectivity index (χ2v) is 11.0. The average molecular weight is 570 g/mol. The van der Waals surface area contributed by atoms with Gasteiger partial charge in [-0.15, -0.1) is 0 Å². The Labute approximate surface area is 242 Å². The topological polar surface area (TPSA) is 84.7 Å². The Morgan fingerprint density at radius 2 is 1.77 bits per heavy atom. The normalized spacial score (nSPS) is 14.2. The Bertz CT molecular complexity index is 1560. The Morgan fingerprint density at radius 3 is 2.48 bits per heavy atom. The van der Waals surface area contributed by atoms with E-state index in [0.29, 0.717) is 27.9 Å². The van der Waals surface area contributed by atoms with Gasteiger partial charge in [0.15, 0.2) is 0 Å². The van der Waals surface area contributed by atoms with Crippen molar-refractivity contribution in [1.82, 2.24) is 14.7 Å². The fourth-order valence-corrected chi connectivity index (χ4v) is 5.51. The third-order valence-electron chi connectivity index (χ3n) is 6.35. The number of aromatic nitrogens is 2.